The molecule has 3 heteroatoms. The molecule has 3 rings (SSSR count). The van der Waals surface area contributed by atoms with Gasteiger partial charge in [0.25, 0.3) is 0 Å². The molecule has 3 saturated carbocycles. The summed E-state index contributed by atoms with van der Waals surface area (Å²) >= 11 is 0. The van der Waals surface area contributed by atoms with Crippen LogP contribution in [0.5, 0.6) is 0 Å². The van der Waals surface area contributed by atoms with Gasteiger partial charge in [0, 0.05) is 0 Å². The van der Waals surface area contributed by atoms with Crippen molar-refractivity contribution in [3.05, 3.63) is 35.5 Å². The normalized spacial score (nSPS) is 37.4. The Hall–Kier alpha value is -0.900. The fourth-order valence-corrected chi connectivity index (χ4v) is 6.58. The van der Waals surface area contributed by atoms with Crippen LogP contribution >= 0.6 is 0 Å². The number of aliphatic hydroxyl groups excluding tert-OH is 2. The van der Waals surface area contributed by atoms with E-state index in [0.717, 1.165) is 25.7 Å². The van der Waals surface area contributed by atoms with Gasteiger partial charge in [0.05, 0.1) is 17.8 Å². The molecule has 0 saturated heterocycles. The van der Waals surface area contributed by atoms with Gasteiger partial charge in [-0.15, -0.1) is 0 Å². The Morgan fingerprint density at radius 3 is 2.60 bits per heavy atom. The largest absolute Gasteiger partial charge is 0.393 e. The molecule has 0 bridgehead atoms. The maximum absolute atomic E-state index is 10.3. The average Bonchev–Trinajstić information content (AvgIpc) is 3.03. The highest BCUT2D eigenvalue weighted by atomic mass is 16.3. The van der Waals surface area contributed by atoms with E-state index >= 15 is 0 Å². The standard InChI is InChI=1S/C27H44O3/c1-18-8-12-22(28)17-21(18)11-10-20-7-6-16-27(5)23(13-14-24(20)27)19(2)9-15-25(29)26(3,4)30/h10-11,19,22-25,28-30H,1,6-9,12-17H2,2-5H3/b20-10+,21-11-/t19-,22?,23-,24+,25?,27-/m1/s1. The Balaban J connectivity index is 1.69. The van der Waals surface area contributed by atoms with Gasteiger partial charge in [-0.2, -0.15) is 0 Å². The van der Waals surface area contributed by atoms with Gasteiger partial charge in [-0.1, -0.05) is 43.7 Å². The van der Waals surface area contributed by atoms with Crippen molar-refractivity contribution in [2.75, 3.05) is 0 Å². The molecular weight excluding hydrogens is 372 g/mol. The number of allylic oxidation sites excluding steroid dienone is 4. The predicted molar refractivity (Wildman–Crippen MR) is 124 cm³/mol. The molecule has 0 aromatic carbocycles. The number of hydrogen-bond acceptors (Lipinski definition) is 3. The minimum Gasteiger partial charge on any atom is -0.393 e. The van der Waals surface area contributed by atoms with Crippen LogP contribution in [0.25, 0.3) is 0 Å². The summed E-state index contributed by atoms with van der Waals surface area (Å²) in [7, 11) is 0. The minimum absolute atomic E-state index is 0.215. The van der Waals surface area contributed by atoms with Gasteiger partial charge < -0.3 is 15.3 Å². The topological polar surface area (TPSA) is 60.7 Å². The molecule has 3 aliphatic rings. The van der Waals surface area contributed by atoms with E-state index in [0.29, 0.717) is 29.6 Å². The lowest BCUT2D eigenvalue weighted by atomic mass is 9.60. The molecule has 3 fully saturated rings. The molecule has 0 heterocycles. The molecule has 0 radical (unpaired) electrons. The lowest BCUT2D eigenvalue weighted by Crippen LogP contribution is -2.38. The fourth-order valence-electron chi connectivity index (χ4n) is 6.58. The molecule has 0 aromatic rings. The zero-order chi connectivity index (χ0) is 22.1. The first-order valence-corrected chi connectivity index (χ1v) is 12.2. The van der Waals surface area contributed by atoms with E-state index < -0.39 is 11.7 Å². The maximum atomic E-state index is 10.3. The molecule has 3 aliphatic carbocycles. The number of fused-ring (bicyclic) bond motifs is 1. The smallest absolute Gasteiger partial charge is 0.0849 e. The molecule has 3 nitrogen and oxygen atoms in total. The van der Waals surface area contributed by atoms with E-state index in [1.165, 1.54) is 43.3 Å². The Bertz CT molecular complexity index is 683. The van der Waals surface area contributed by atoms with Crippen LogP contribution in [0.3, 0.4) is 0 Å². The summed E-state index contributed by atoms with van der Waals surface area (Å²) in [5.41, 5.74) is 3.34. The van der Waals surface area contributed by atoms with E-state index in [2.05, 4.69) is 32.6 Å². The second-order valence-electron chi connectivity index (χ2n) is 11.3. The SMILES string of the molecule is C=C1CCC(O)C/C1=C/C=C1\CCC[C@]2(C)[C@@H]([C@H](C)CCC(O)C(C)(C)O)CC[C@@H]12. The first-order chi connectivity index (χ1) is 14.0. The van der Waals surface area contributed by atoms with E-state index in [4.69, 9.17) is 0 Å². The molecule has 0 aromatic heterocycles. The molecular formula is C27H44O3. The number of hydrogen-bond donors (Lipinski definition) is 3. The Labute approximate surface area is 184 Å². The van der Waals surface area contributed by atoms with Crippen LogP contribution in [0.4, 0.5) is 0 Å². The van der Waals surface area contributed by atoms with Gasteiger partial charge in [0.15, 0.2) is 0 Å². The molecule has 2 unspecified atom stereocenters. The van der Waals surface area contributed by atoms with Gasteiger partial charge in [-0.25, -0.2) is 0 Å². The van der Waals surface area contributed by atoms with Crippen LogP contribution in [-0.2, 0) is 0 Å². The molecule has 0 amide bonds. The van der Waals surface area contributed by atoms with Crippen LogP contribution in [0.1, 0.15) is 91.9 Å². The molecule has 30 heavy (non-hydrogen) atoms. The summed E-state index contributed by atoms with van der Waals surface area (Å²) in [5.74, 6) is 1.89. The highest BCUT2D eigenvalue weighted by molar-refractivity contribution is 5.36. The zero-order valence-corrected chi connectivity index (χ0v) is 19.7. The maximum Gasteiger partial charge on any atom is 0.0849 e. The lowest BCUT2D eigenvalue weighted by molar-refractivity contribution is -0.0554. The quantitative estimate of drug-likeness (QED) is 0.520. The summed E-state index contributed by atoms with van der Waals surface area (Å²) < 4.78 is 0. The van der Waals surface area contributed by atoms with Crippen LogP contribution in [0.2, 0.25) is 0 Å². The Morgan fingerprint density at radius 1 is 1.17 bits per heavy atom. The van der Waals surface area contributed by atoms with Gasteiger partial charge in [-0.05, 0) is 107 Å². The first kappa shape index (κ1) is 23.8. The van der Waals surface area contributed by atoms with Crippen molar-refractivity contribution in [2.45, 2.75) is 110 Å². The summed E-state index contributed by atoms with van der Waals surface area (Å²) in [5, 5.41) is 30.3. The number of rotatable bonds is 6. The summed E-state index contributed by atoms with van der Waals surface area (Å²) in [6.45, 7) is 12.5. The van der Waals surface area contributed by atoms with E-state index in [-0.39, 0.29) is 6.10 Å². The highest BCUT2D eigenvalue weighted by Gasteiger charge is 2.50. The van der Waals surface area contributed by atoms with Crippen LogP contribution in [0, 0.1) is 23.2 Å². The third kappa shape index (κ3) is 5.11. The van der Waals surface area contributed by atoms with Crippen LogP contribution < -0.4 is 0 Å². The van der Waals surface area contributed by atoms with Crippen molar-refractivity contribution in [1.82, 2.24) is 0 Å². The minimum atomic E-state index is -1.02. The fraction of sp³-hybridized carbons (Fsp3) is 0.778. The zero-order valence-electron chi connectivity index (χ0n) is 19.7. The van der Waals surface area contributed by atoms with Crippen LogP contribution in [0.15, 0.2) is 35.5 Å². The Morgan fingerprint density at radius 2 is 1.90 bits per heavy atom. The van der Waals surface area contributed by atoms with Crippen molar-refractivity contribution >= 4 is 0 Å². The number of aliphatic hydroxyl groups is 3. The van der Waals surface area contributed by atoms with E-state index in [9.17, 15) is 15.3 Å². The molecule has 170 valence electrons. The van der Waals surface area contributed by atoms with E-state index in [1.807, 2.05) is 0 Å². The first-order valence-electron chi connectivity index (χ1n) is 12.2. The van der Waals surface area contributed by atoms with Crippen molar-refractivity contribution in [3.63, 3.8) is 0 Å². The molecule has 0 spiro atoms. The summed E-state index contributed by atoms with van der Waals surface area (Å²) in [6.07, 6.45) is 14.1. The van der Waals surface area contributed by atoms with Crippen molar-refractivity contribution < 1.29 is 15.3 Å². The predicted octanol–water partition coefficient (Wildman–Crippen LogP) is 5.70. The van der Waals surface area contributed by atoms with Crippen molar-refractivity contribution in [3.8, 4) is 0 Å². The summed E-state index contributed by atoms with van der Waals surface area (Å²) in [6, 6.07) is 0. The highest BCUT2D eigenvalue weighted by Crippen LogP contribution is 2.60. The third-order valence-corrected chi connectivity index (χ3v) is 8.62. The van der Waals surface area contributed by atoms with Gasteiger partial charge in [0.1, 0.15) is 0 Å². The van der Waals surface area contributed by atoms with Crippen molar-refractivity contribution in [1.29, 1.82) is 0 Å². The lowest BCUT2D eigenvalue weighted by Gasteiger charge is -2.44. The summed E-state index contributed by atoms with van der Waals surface area (Å²) in [4.78, 5) is 0. The van der Waals surface area contributed by atoms with E-state index in [1.54, 1.807) is 19.4 Å². The van der Waals surface area contributed by atoms with Crippen molar-refractivity contribution in [2.24, 2.45) is 23.2 Å². The molecule has 6 atom stereocenters. The molecule has 0 aliphatic heterocycles. The van der Waals surface area contributed by atoms with Gasteiger partial charge in [0.2, 0.25) is 0 Å². The second kappa shape index (κ2) is 9.30. The second-order valence-corrected chi connectivity index (χ2v) is 11.3. The molecule has 3 N–H and O–H groups in total. The Kier molecular flexibility index (Phi) is 7.37. The van der Waals surface area contributed by atoms with Gasteiger partial charge in [-0.3, -0.25) is 0 Å². The third-order valence-electron chi connectivity index (χ3n) is 8.62. The van der Waals surface area contributed by atoms with Gasteiger partial charge >= 0.3 is 0 Å². The monoisotopic (exact) mass is 416 g/mol. The average molecular weight is 417 g/mol. The van der Waals surface area contributed by atoms with Crippen LogP contribution in [-0.4, -0.2) is 33.1 Å².